The first kappa shape index (κ1) is 15.0. The van der Waals surface area contributed by atoms with Gasteiger partial charge in [-0.05, 0) is 25.2 Å². The number of carboxylic acids is 1. The fourth-order valence-corrected chi connectivity index (χ4v) is 2.55. The summed E-state index contributed by atoms with van der Waals surface area (Å²) in [5, 5.41) is 11.8. The molecule has 1 aliphatic rings. The summed E-state index contributed by atoms with van der Waals surface area (Å²) in [6.07, 6.45) is 6.40. The van der Waals surface area contributed by atoms with Crippen molar-refractivity contribution in [2.45, 2.75) is 64.0 Å². The third-order valence-corrected chi connectivity index (χ3v) is 3.62. The number of nitrogens with one attached hydrogen (secondary N) is 1. The average molecular weight is 256 g/mol. The molecule has 0 aliphatic heterocycles. The molecule has 5 heteroatoms. The molecular formula is C13H24N2O3. The van der Waals surface area contributed by atoms with Crippen LogP contribution >= 0.6 is 0 Å². The van der Waals surface area contributed by atoms with Crippen molar-refractivity contribution in [2.75, 3.05) is 0 Å². The molecule has 2 atom stereocenters. The van der Waals surface area contributed by atoms with Gasteiger partial charge in [0.2, 0.25) is 5.91 Å². The molecule has 0 radical (unpaired) electrons. The van der Waals surface area contributed by atoms with E-state index in [-0.39, 0.29) is 11.8 Å². The lowest BCUT2D eigenvalue weighted by Crippen LogP contribution is -2.51. The van der Waals surface area contributed by atoms with Crippen molar-refractivity contribution in [3.63, 3.8) is 0 Å². The number of hydrogen-bond donors (Lipinski definition) is 3. The van der Waals surface area contributed by atoms with Gasteiger partial charge in [-0.2, -0.15) is 0 Å². The number of carbonyl (C=O) groups is 2. The van der Waals surface area contributed by atoms with Gasteiger partial charge in [0, 0.05) is 0 Å². The first-order valence-electron chi connectivity index (χ1n) is 6.85. The Morgan fingerprint density at radius 2 is 1.94 bits per heavy atom. The molecule has 0 saturated heterocycles. The van der Waals surface area contributed by atoms with E-state index >= 15 is 0 Å². The van der Waals surface area contributed by atoms with Gasteiger partial charge >= 0.3 is 5.97 Å². The Labute approximate surface area is 108 Å². The Balaban J connectivity index is 2.56. The Morgan fingerprint density at radius 3 is 2.44 bits per heavy atom. The van der Waals surface area contributed by atoms with E-state index in [9.17, 15) is 14.7 Å². The predicted molar refractivity (Wildman–Crippen MR) is 69.0 cm³/mol. The van der Waals surface area contributed by atoms with E-state index in [4.69, 9.17) is 5.73 Å². The summed E-state index contributed by atoms with van der Waals surface area (Å²) >= 11 is 0. The molecule has 0 aromatic heterocycles. The van der Waals surface area contributed by atoms with Crippen LogP contribution in [0.2, 0.25) is 0 Å². The highest BCUT2D eigenvalue weighted by molar-refractivity contribution is 5.86. The monoisotopic (exact) mass is 256 g/mol. The maximum absolute atomic E-state index is 11.8. The molecular weight excluding hydrogens is 232 g/mol. The Hall–Kier alpha value is -1.10. The van der Waals surface area contributed by atoms with Crippen LogP contribution in [0.3, 0.4) is 0 Å². The van der Waals surface area contributed by atoms with Crippen molar-refractivity contribution >= 4 is 11.9 Å². The zero-order valence-electron chi connectivity index (χ0n) is 11.0. The molecule has 104 valence electrons. The summed E-state index contributed by atoms with van der Waals surface area (Å²) in [5.41, 5.74) is 5.70. The van der Waals surface area contributed by atoms with Crippen LogP contribution in [-0.2, 0) is 9.59 Å². The minimum absolute atomic E-state index is 0.0500. The third kappa shape index (κ3) is 4.29. The largest absolute Gasteiger partial charge is 0.480 e. The molecule has 4 N–H and O–H groups in total. The van der Waals surface area contributed by atoms with Crippen LogP contribution in [0.4, 0.5) is 0 Å². The van der Waals surface area contributed by atoms with Gasteiger partial charge in [0.05, 0.1) is 6.04 Å². The summed E-state index contributed by atoms with van der Waals surface area (Å²) in [6, 6.07) is -1.37. The Kier molecular flexibility index (Phi) is 6.12. The smallest absolute Gasteiger partial charge is 0.326 e. The Morgan fingerprint density at radius 1 is 1.33 bits per heavy atom. The number of nitrogens with two attached hydrogens (primary N) is 1. The molecule has 18 heavy (non-hydrogen) atoms. The number of aliphatic carboxylic acids is 1. The van der Waals surface area contributed by atoms with Crippen LogP contribution < -0.4 is 11.1 Å². The summed E-state index contributed by atoms with van der Waals surface area (Å²) < 4.78 is 0. The first-order valence-corrected chi connectivity index (χ1v) is 6.85. The number of hydrogen-bond acceptors (Lipinski definition) is 3. The van der Waals surface area contributed by atoms with Gasteiger partial charge in [0.1, 0.15) is 6.04 Å². The number of amides is 1. The lowest BCUT2D eigenvalue weighted by molar-refractivity contribution is -0.144. The molecule has 1 rings (SSSR count). The second-order valence-electron chi connectivity index (χ2n) is 5.12. The van der Waals surface area contributed by atoms with Crippen molar-refractivity contribution in [1.29, 1.82) is 0 Å². The Bertz CT molecular complexity index is 288. The SMILES string of the molecule is CCCC(N)C(=O)NC(C(=O)O)C1CCCCC1. The molecule has 1 saturated carbocycles. The minimum atomic E-state index is -0.945. The minimum Gasteiger partial charge on any atom is -0.480 e. The molecule has 5 nitrogen and oxygen atoms in total. The lowest BCUT2D eigenvalue weighted by Gasteiger charge is -2.28. The van der Waals surface area contributed by atoms with Crippen LogP contribution in [0.1, 0.15) is 51.9 Å². The number of carboxylic acid groups (broad SMARTS) is 1. The van der Waals surface area contributed by atoms with Crippen LogP contribution in [-0.4, -0.2) is 29.1 Å². The molecule has 0 aromatic rings. The fraction of sp³-hybridized carbons (Fsp3) is 0.846. The van der Waals surface area contributed by atoms with Gasteiger partial charge < -0.3 is 16.2 Å². The average Bonchev–Trinajstić information content (AvgIpc) is 2.36. The van der Waals surface area contributed by atoms with Crippen LogP contribution in [0, 0.1) is 5.92 Å². The second-order valence-corrected chi connectivity index (χ2v) is 5.12. The third-order valence-electron chi connectivity index (χ3n) is 3.62. The maximum atomic E-state index is 11.8. The molecule has 0 heterocycles. The molecule has 1 aliphatic carbocycles. The van der Waals surface area contributed by atoms with Crippen molar-refractivity contribution in [3.8, 4) is 0 Å². The first-order chi connectivity index (χ1) is 8.56. The molecule has 1 amide bonds. The normalized spacial score (nSPS) is 20.1. The van der Waals surface area contributed by atoms with E-state index < -0.39 is 18.1 Å². The van der Waals surface area contributed by atoms with Crippen molar-refractivity contribution < 1.29 is 14.7 Å². The highest BCUT2D eigenvalue weighted by Crippen LogP contribution is 2.26. The van der Waals surface area contributed by atoms with E-state index in [1.807, 2.05) is 6.92 Å². The van der Waals surface area contributed by atoms with Gasteiger partial charge in [0.15, 0.2) is 0 Å². The van der Waals surface area contributed by atoms with Gasteiger partial charge in [-0.3, -0.25) is 4.79 Å². The van der Waals surface area contributed by atoms with Gasteiger partial charge in [-0.15, -0.1) is 0 Å². The van der Waals surface area contributed by atoms with Crippen molar-refractivity contribution in [2.24, 2.45) is 11.7 Å². The van der Waals surface area contributed by atoms with Crippen LogP contribution in [0.5, 0.6) is 0 Å². The van der Waals surface area contributed by atoms with E-state index in [0.717, 1.165) is 38.5 Å². The zero-order valence-corrected chi connectivity index (χ0v) is 11.0. The van der Waals surface area contributed by atoms with E-state index in [1.54, 1.807) is 0 Å². The summed E-state index contributed by atoms with van der Waals surface area (Å²) in [5.74, 6) is -1.23. The van der Waals surface area contributed by atoms with Crippen molar-refractivity contribution in [3.05, 3.63) is 0 Å². The summed E-state index contributed by atoms with van der Waals surface area (Å²) in [4.78, 5) is 23.1. The zero-order chi connectivity index (χ0) is 13.5. The van der Waals surface area contributed by atoms with E-state index in [2.05, 4.69) is 5.32 Å². The molecule has 0 bridgehead atoms. The van der Waals surface area contributed by atoms with Crippen LogP contribution in [0.25, 0.3) is 0 Å². The highest BCUT2D eigenvalue weighted by atomic mass is 16.4. The summed E-state index contributed by atoms with van der Waals surface area (Å²) in [6.45, 7) is 1.95. The molecule has 0 aromatic carbocycles. The molecule has 0 spiro atoms. The van der Waals surface area contributed by atoms with Gasteiger partial charge in [0.25, 0.3) is 0 Å². The highest BCUT2D eigenvalue weighted by Gasteiger charge is 2.31. The quantitative estimate of drug-likeness (QED) is 0.667. The summed E-state index contributed by atoms with van der Waals surface area (Å²) in [7, 11) is 0. The van der Waals surface area contributed by atoms with E-state index in [0.29, 0.717) is 6.42 Å². The second kappa shape index (κ2) is 7.36. The standard InChI is InChI=1S/C13H24N2O3/c1-2-6-10(14)12(16)15-11(13(17)18)9-7-4-3-5-8-9/h9-11H,2-8,14H2,1H3,(H,15,16)(H,17,18). The van der Waals surface area contributed by atoms with Gasteiger partial charge in [-0.25, -0.2) is 4.79 Å². The van der Waals surface area contributed by atoms with Crippen molar-refractivity contribution in [1.82, 2.24) is 5.32 Å². The maximum Gasteiger partial charge on any atom is 0.326 e. The van der Waals surface area contributed by atoms with Gasteiger partial charge in [-0.1, -0.05) is 32.6 Å². The number of carbonyl (C=O) groups excluding carboxylic acids is 1. The van der Waals surface area contributed by atoms with E-state index in [1.165, 1.54) is 0 Å². The lowest BCUT2D eigenvalue weighted by atomic mass is 9.83. The topological polar surface area (TPSA) is 92.4 Å². The molecule has 1 fully saturated rings. The van der Waals surface area contributed by atoms with Crippen LogP contribution in [0.15, 0.2) is 0 Å². The number of rotatable bonds is 6. The predicted octanol–water partition coefficient (Wildman–Crippen LogP) is 1.26. The fourth-order valence-electron chi connectivity index (χ4n) is 2.55. The molecule has 2 unspecified atom stereocenters.